The molecule has 3 rings (SSSR count). The Morgan fingerprint density at radius 1 is 1.11 bits per heavy atom. The summed E-state index contributed by atoms with van der Waals surface area (Å²) in [7, 11) is 0. The summed E-state index contributed by atoms with van der Waals surface area (Å²) in [5, 5.41) is 0. The van der Waals surface area contributed by atoms with Gasteiger partial charge in [0.1, 0.15) is 12.4 Å². The second-order valence-corrected chi connectivity index (χ2v) is 7.81. The van der Waals surface area contributed by atoms with Gasteiger partial charge in [-0.15, -0.1) is 0 Å². The molecule has 0 N–H and O–H groups in total. The van der Waals surface area contributed by atoms with Crippen molar-refractivity contribution in [3.63, 3.8) is 0 Å². The van der Waals surface area contributed by atoms with E-state index in [-0.39, 0.29) is 30.7 Å². The Labute approximate surface area is 162 Å². The Bertz CT molecular complexity index is 614. The van der Waals surface area contributed by atoms with Crippen LogP contribution in [0, 0.1) is 11.8 Å². The third-order valence-electron chi connectivity index (χ3n) is 6.04. The number of benzene rings is 1. The standard InChI is InChI=1S/C22H31NO4/c1-3-16(4-2)10-21(24)18-11-19-14-26-15-20(12-18)23(19)22(25)27-13-17-8-6-5-7-9-17/h5-9,16,18-20H,3-4,10-15H2,1-2H3. The van der Waals surface area contributed by atoms with Crippen molar-refractivity contribution in [2.45, 2.75) is 64.6 Å². The maximum atomic E-state index is 12.8. The van der Waals surface area contributed by atoms with Gasteiger partial charge in [-0.2, -0.15) is 0 Å². The van der Waals surface area contributed by atoms with Crippen LogP contribution in [0.15, 0.2) is 30.3 Å². The van der Waals surface area contributed by atoms with Gasteiger partial charge in [0.05, 0.1) is 25.3 Å². The number of amides is 1. The molecule has 0 saturated carbocycles. The summed E-state index contributed by atoms with van der Waals surface area (Å²) in [5.74, 6) is 0.878. The third-order valence-corrected chi connectivity index (χ3v) is 6.04. The minimum absolute atomic E-state index is 0.0441. The fraction of sp³-hybridized carbons (Fsp3) is 0.636. The van der Waals surface area contributed by atoms with Crippen molar-refractivity contribution < 1.29 is 19.1 Å². The number of fused-ring (bicyclic) bond motifs is 2. The van der Waals surface area contributed by atoms with Gasteiger partial charge in [-0.1, -0.05) is 57.0 Å². The van der Waals surface area contributed by atoms with Gasteiger partial charge in [0, 0.05) is 12.3 Å². The number of ether oxygens (including phenoxy) is 2. The van der Waals surface area contributed by atoms with Crippen LogP contribution >= 0.6 is 0 Å². The first-order valence-electron chi connectivity index (χ1n) is 10.2. The van der Waals surface area contributed by atoms with Crippen molar-refractivity contribution in [2.75, 3.05) is 13.2 Å². The molecule has 2 bridgehead atoms. The summed E-state index contributed by atoms with van der Waals surface area (Å²) in [5.41, 5.74) is 0.975. The van der Waals surface area contributed by atoms with Crippen LogP contribution in [0.4, 0.5) is 4.79 Å². The quantitative estimate of drug-likeness (QED) is 0.719. The Morgan fingerprint density at radius 3 is 2.33 bits per heavy atom. The highest BCUT2D eigenvalue weighted by molar-refractivity contribution is 5.82. The minimum atomic E-state index is -0.289. The Kier molecular flexibility index (Phi) is 6.89. The van der Waals surface area contributed by atoms with Crippen molar-refractivity contribution in [2.24, 2.45) is 11.8 Å². The number of hydrogen-bond acceptors (Lipinski definition) is 4. The average molecular weight is 373 g/mol. The average Bonchev–Trinajstić information content (AvgIpc) is 2.69. The molecular weight excluding hydrogens is 342 g/mol. The van der Waals surface area contributed by atoms with Gasteiger partial charge < -0.3 is 9.47 Å². The molecule has 2 aliphatic heterocycles. The number of Topliss-reactive ketones (excluding diaryl/α,β-unsaturated/α-hetero) is 1. The van der Waals surface area contributed by atoms with Crippen molar-refractivity contribution in [1.29, 1.82) is 0 Å². The van der Waals surface area contributed by atoms with E-state index in [1.54, 1.807) is 0 Å². The molecule has 0 radical (unpaired) electrons. The number of nitrogens with zero attached hydrogens (tertiary/aromatic N) is 1. The molecule has 148 valence electrons. The van der Waals surface area contributed by atoms with Gasteiger partial charge >= 0.3 is 6.09 Å². The molecule has 5 nitrogen and oxygen atoms in total. The smallest absolute Gasteiger partial charge is 0.410 e. The number of rotatable bonds is 7. The zero-order chi connectivity index (χ0) is 19.2. The summed E-state index contributed by atoms with van der Waals surface area (Å²) in [6.45, 7) is 5.55. The van der Waals surface area contributed by atoms with Crippen molar-refractivity contribution in [3.8, 4) is 0 Å². The van der Waals surface area contributed by atoms with Crippen molar-refractivity contribution >= 4 is 11.9 Å². The van der Waals surface area contributed by atoms with E-state index in [2.05, 4.69) is 13.8 Å². The zero-order valence-corrected chi connectivity index (χ0v) is 16.4. The van der Waals surface area contributed by atoms with Crippen LogP contribution in [0.1, 0.15) is 51.5 Å². The first-order chi connectivity index (χ1) is 13.1. The van der Waals surface area contributed by atoms with Gasteiger partial charge in [0.2, 0.25) is 0 Å². The molecule has 27 heavy (non-hydrogen) atoms. The van der Waals surface area contributed by atoms with Crippen LogP contribution in [-0.4, -0.2) is 42.1 Å². The van der Waals surface area contributed by atoms with E-state index < -0.39 is 0 Å². The molecule has 1 aromatic carbocycles. The SMILES string of the molecule is CCC(CC)CC(=O)C1CC2COCC(C1)N2C(=O)OCc1ccccc1. The largest absolute Gasteiger partial charge is 0.445 e. The minimum Gasteiger partial charge on any atom is -0.445 e. The first-order valence-corrected chi connectivity index (χ1v) is 10.2. The summed E-state index contributed by atoms with van der Waals surface area (Å²) >= 11 is 0. The summed E-state index contributed by atoms with van der Waals surface area (Å²) in [4.78, 5) is 27.3. The number of morpholine rings is 1. The van der Waals surface area contributed by atoms with Crippen LogP contribution in [0.25, 0.3) is 0 Å². The number of hydrogen-bond donors (Lipinski definition) is 0. The molecule has 0 spiro atoms. The van der Waals surface area contributed by atoms with E-state index in [1.807, 2.05) is 35.2 Å². The summed E-state index contributed by atoms with van der Waals surface area (Å²) < 4.78 is 11.2. The molecule has 1 aromatic rings. The monoisotopic (exact) mass is 373 g/mol. The molecule has 2 fully saturated rings. The third kappa shape index (κ3) is 4.89. The topological polar surface area (TPSA) is 55.8 Å². The number of piperidine rings is 1. The number of ketones is 1. The maximum Gasteiger partial charge on any atom is 0.410 e. The van der Waals surface area contributed by atoms with E-state index in [0.29, 0.717) is 44.2 Å². The van der Waals surface area contributed by atoms with E-state index in [4.69, 9.17) is 9.47 Å². The van der Waals surface area contributed by atoms with Crippen LogP contribution in [0.5, 0.6) is 0 Å². The van der Waals surface area contributed by atoms with E-state index in [0.717, 1.165) is 18.4 Å². The van der Waals surface area contributed by atoms with Crippen molar-refractivity contribution in [3.05, 3.63) is 35.9 Å². The zero-order valence-electron chi connectivity index (χ0n) is 16.4. The molecule has 2 atom stereocenters. The Hall–Kier alpha value is -1.88. The van der Waals surface area contributed by atoms with E-state index in [1.165, 1.54) is 0 Å². The predicted octanol–water partition coefficient (Wildman–Crippen LogP) is 4.20. The summed E-state index contributed by atoms with van der Waals surface area (Å²) in [6, 6.07) is 9.58. The predicted molar refractivity (Wildman–Crippen MR) is 103 cm³/mol. The van der Waals surface area contributed by atoms with Gasteiger partial charge in [0.15, 0.2) is 0 Å². The van der Waals surface area contributed by atoms with Crippen LogP contribution in [0.2, 0.25) is 0 Å². The lowest BCUT2D eigenvalue weighted by molar-refractivity contribution is -0.132. The van der Waals surface area contributed by atoms with Crippen LogP contribution in [0.3, 0.4) is 0 Å². The molecule has 2 unspecified atom stereocenters. The molecular formula is C22H31NO4. The van der Waals surface area contributed by atoms with Crippen molar-refractivity contribution in [1.82, 2.24) is 4.90 Å². The second-order valence-electron chi connectivity index (χ2n) is 7.81. The Balaban J connectivity index is 1.59. The van der Waals surface area contributed by atoms with Gasteiger partial charge in [-0.25, -0.2) is 4.79 Å². The molecule has 2 aliphatic rings. The second kappa shape index (κ2) is 9.36. The molecule has 5 heteroatoms. The lowest BCUT2D eigenvalue weighted by atomic mass is 9.80. The van der Waals surface area contributed by atoms with Crippen LogP contribution in [-0.2, 0) is 20.9 Å². The lowest BCUT2D eigenvalue weighted by Gasteiger charge is -2.47. The van der Waals surface area contributed by atoms with Gasteiger partial charge in [0.25, 0.3) is 0 Å². The molecule has 2 heterocycles. The lowest BCUT2D eigenvalue weighted by Crippen LogP contribution is -2.60. The van der Waals surface area contributed by atoms with Crippen LogP contribution < -0.4 is 0 Å². The highest BCUT2D eigenvalue weighted by Gasteiger charge is 2.44. The highest BCUT2D eigenvalue weighted by atomic mass is 16.6. The van der Waals surface area contributed by atoms with Gasteiger partial charge in [-0.05, 0) is 24.3 Å². The fourth-order valence-electron chi connectivity index (χ4n) is 4.30. The Morgan fingerprint density at radius 2 is 1.74 bits per heavy atom. The molecule has 2 saturated heterocycles. The maximum absolute atomic E-state index is 12.8. The normalized spacial score (nSPS) is 24.7. The molecule has 0 aromatic heterocycles. The fourth-order valence-corrected chi connectivity index (χ4v) is 4.30. The molecule has 0 aliphatic carbocycles. The first kappa shape index (κ1) is 19.9. The molecule has 1 amide bonds. The highest BCUT2D eigenvalue weighted by Crippen LogP contribution is 2.34. The summed E-state index contributed by atoms with van der Waals surface area (Å²) in [6.07, 6.45) is 3.84. The van der Waals surface area contributed by atoms with E-state index in [9.17, 15) is 9.59 Å². The van der Waals surface area contributed by atoms with E-state index >= 15 is 0 Å². The number of carbonyl (C=O) groups excluding carboxylic acids is 2. The number of carbonyl (C=O) groups is 2. The van der Waals surface area contributed by atoms with Gasteiger partial charge in [-0.3, -0.25) is 9.69 Å².